The number of carbonyl (C=O) groups excluding carboxylic acids is 2. The average molecular weight is 250 g/mol. The Morgan fingerprint density at radius 3 is 3.00 bits per heavy atom. The first-order valence-electron chi connectivity index (χ1n) is 6.09. The smallest absolute Gasteiger partial charge is 0.284 e. The summed E-state index contributed by atoms with van der Waals surface area (Å²) in [6.07, 6.45) is 4.99. The average Bonchev–Trinajstić information content (AvgIpc) is 2.87. The molecule has 1 saturated heterocycles. The Kier molecular flexibility index (Phi) is 3.76. The zero-order chi connectivity index (χ0) is 13.1. The summed E-state index contributed by atoms with van der Waals surface area (Å²) in [5.74, 6) is 0.440. The maximum atomic E-state index is 11.1. The number of likely N-dealkylation sites (tertiary alicyclic amines) is 1. The van der Waals surface area contributed by atoms with Gasteiger partial charge in [-0.2, -0.15) is 0 Å². The van der Waals surface area contributed by atoms with Crippen LogP contribution in [0.3, 0.4) is 0 Å². The number of carbonyl (C=O) groups is 2. The molecule has 1 aromatic heterocycles. The molecule has 0 spiro atoms. The van der Waals surface area contributed by atoms with Gasteiger partial charge in [0.15, 0.2) is 5.82 Å². The molecule has 0 saturated carbocycles. The lowest BCUT2D eigenvalue weighted by Crippen LogP contribution is -2.27. The monoisotopic (exact) mass is 250 g/mol. The zero-order valence-corrected chi connectivity index (χ0v) is 10.5. The molecule has 0 radical (unpaired) electrons. The molecule has 1 aliphatic heterocycles. The Hall–Kier alpha value is -1.69. The van der Waals surface area contributed by atoms with Gasteiger partial charge in [-0.3, -0.25) is 9.69 Å². The van der Waals surface area contributed by atoms with Gasteiger partial charge in [0, 0.05) is 31.9 Å². The Balaban J connectivity index is 1.93. The SMILES string of the molecule is CC(=O)CC1CCN(Cn2ccnc2C(N)=O)C1. The highest BCUT2D eigenvalue weighted by Gasteiger charge is 2.24. The number of primary amides is 1. The Bertz CT molecular complexity index is 455. The molecule has 2 rings (SSSR count). The number of imidazole rings is 1. The third-order valence-corrected chi connectivity index (χ3v) is 3.23. The number of rotatable bonds is 5. The van der Waals surface area contributed by atoms with Crippen LogP contribution in [0.25, 0.3) is 0 Å². The standard InChI is InChI=1S/C12H18N4O2/c1-9(17)6-10-2-4-15(7-10)8-16-5-3-14-12(16)11(13)18/h3,5,10H,2,4,6-8H2,1H3,(H2,13,18). The Morgan fingerprint density at radius 2 is 2.33 bits per heavy atom. The quantitative estimate of drug-likeness (QED) is 0.811. The maximum absolute atomic E-state index is 11.1. The minimum atomic E-state index is -0.514. The largest absolute Gasteiger partial charge is 0.363 e. The summed E-state index contributed by atoms with van der Waals surface area (Å²) in [5, 5.41) is 0. The summed E-state index contributed by atoms with van der Waals surface area (Å²) in [6.45, 7) is 4.06. The molecule has 6 heteroatoms. The van der Waals surface area contributed by atoms with Crippen LogP contribution >= 0.6 is 0 Å². The van der Waals surface area contributed by atoms with Crippen molar-refractivity contribution in [2.24, 2.45) is 11.7 Å². The summed E-state index contributed by atoms with van der Waals surface area (Å²) in [5.41, 5.74) is 5.24. The van der Waals surface area contributed by atoms with Crippen LogP contribution in [-0.2, 0) is 11.5 Å². The Morgan fingerprint density at radius 1 is 1.56 bits per heavy atom. The molecule has 0 aliphatic carbocycles. The number of nitrogens with zero attached hydrogens (tertiary/aromatic N) is 3. The normalized spacial score (nSPS) is 20.2. The lowest BCUT2D eigenvalue weighted by Gasteiger charge is -2.17. The number of ketones is 1. The first-order chi connectivity index (χ1) is 8.56. The van der Waals surface area contributed by atoms with Gasteiger partial charge < -0.3 is 15.1 Å². The van der Waals surface area contributed by atoms with Crippen molar-refractivity contribution in [1.82, 2.24) is 14.5 Å². The lowest BCUT2D eigenvalue weighted by molar-refractivity contribution is -0.117. The predicted molar refractivity (Wildman–Crippen MR) is 65.7 cm³/mol. The van der Waals surface area contributed by atoms with Crippen LogP contribution in [0.1, 0.15) is 30.4 Å². The van der Waals surface area contributed by atoms with E-state index in [1.165, 1.54) is 0 Å². The van der Waals surface area contributed by atoms with Crippen LogP contribution in [0.2, 0.25) is 0 Å². The summed E-state index contributed by atoms with van der Waals surface area (Å²) in [6, 6.07) is 0. The minimum absolute atomic E-state index is 0.238. The summed E-state index contributed by atoms with van der Waals surface area (Å²) in [7, 11) is 0. The van der Waals surface area contributed by atoms with Crippen molar-refractivity contribution in [3.05, 3.63) is 18.2 Å². The van der Waals surface area contributed by atoms with Crippen LogP contribution in [0.4, 0.5) is 0 Å². The van der Waals surface area contributed by atoms with Gasteiger partial charge in [-0.05, 0) is 19.3 Å². The van der Waals surface area contributed by atoms with Crippen molar-refractivity contribution >= 4 is 11.7 Å². The molecule has 6 nitrogen and oxygen atoms in total. The summed E-state index contributed by atoms with van der Waals surface area (Å²) in [4.78, 5) is 28.4. The highest BCUT2D eigenvalue weighted by Crippen LogP contribution is 2.20. The van der Waals surface area contributed by atoms with Crippen molar-refractivity contribution in [2.45, 2.75) is 26.4 Å². The number of aromatic nitrogens is 2. The van der Waals surface area contributed by atoms with Crippen molar-refractivity contribution in [2.75, 3.05) is 13.1 Å². The number of amides is 1. The van der Waals surface area contributed by atoms with Gasteiger partial charge in [-0.25, -0.2) is 4.98 Å². The molecule has 2 N–H and O–H groups in total. The van der Waals surface area contributed by atoms with Crippen molar-refractivity contribution in [3.8, 4) is 0 Å². The lowest BCUT2D eigenvalue weighted by atomic mass is 10.0. The third-order valence-electron chi connectivity index (χ3n) is 3.23. The molecule has 0 bridgehead atoms. The molecular weight excluding hydrogens is 232 g/mol. The first-order valence-corrected chi connectivity index (χ1v) is 6.09. The third kappa shape index (κ3) is 2.95. The molecule has 1 aliphatic rings. The van der Waals surface area contributed by atoms with E-state index in [4.69, 9.17) is 5.73 Å². The van der Waals surface area contributed by atoms with Crippen molar-refractivity contribution in [3.63, 3.8) is 0 Å². The van der Waals surface area contributed by atoms with E-state index in [-0.39, 0.29) is 11.6 Å². The fourth-order valence-corrected chi connectivity index (χ4v) is 2.48. The van der Waals surface area contributed by atoms with Crippen molar-refractivity contribution in [1.29, 1.82) is 0 Å². The molecular formula is C12H18N4O2. The molecule has 1 aromatic rings. The molecule has 1 unspecified atom stereocenters. The fourth-order valence-electron chi connectivity index (χ4n) is 2.48. The van der Waals surface area contributed by atoms with Crippen LogP contribution < -0.4 is 5.73 Å². The Labute approximate surface area is 106 Å². The second kappa shape index (κ2) is 5.30. The first kappa shape index (κ1) is 12.8. The van der Waals surface area contributed by atoms with Crippen LogP contribution in [0, 0.1) is 5.92 Å². The number of hydrogen-bond acceptors (Lipinski definition) is 4. The van der Waals surface area contributed by atoms with Crippen LogP contribution in [0.5, 0.6) is 0 Å². The van der Waals surface area contributed by atoms with Gasteiger partial charge in [0.2, 0.25) is 0 Å². The maximum Gasteiger partial charge on any atom is 0.284 e. The topological polar surface area (TPSA) is 81.2 Å². The molecule has 1 fully saturated rings. The van der Waals surface area contributed by atoms with Gasteiger partial charge in [0.1, 0.15) is 5.78 Å². The van der Waals surface area contributed by atoms with Gasteiger partial charge in [0.05, 0.1) is 6.67 Å². The molecule has 18 heavy (non-hydrogen) atoms. The van der Waals surface area contributed by atoms with Gasteiger partial charge in [-0.15, -0.1) is 0 Å². The van der Waals surface area contributed by atoms with E-state index < -0.39 is 5.91 Å². The van der Waals surface area contributed by atoms with E-state index in [1.54, 1.807) is 23.9 Å². The molecule has 1 atom stereocenters. The van der Waals surface area contributed by atoms with Gasteiger partial charge in [-0.1, -0.05) is 0 Å². The van der Waals surface area contributed by atoms with Gasteiger partial charge >= 0.3 is 0 Å². The van der Waals surface area contributed by atoms with E-state index in [2.05, 4.69) is 9.88 Å². The fraction of sp³-hybridized carbons (Fsp3) is 0.583. The van der Waals surface area contributed by atoms with E-state index in [1.807, 2.05) is 0 Å². The van der Waals surface area contributed by atoms with Crippen molar-refractivity contribution < 1.29 is 9.59 Å². The molecule has 98 valence electrons. The highest BCUT2D eigenvalue weighted by atomic mass is 16.1. The van der Waals surface area contributed by atoms with E-state index >= 15 is 0 Å². The van der Waals surface area contributed by atoms with E-state index in [0.29, 0.717) is 19.0 Å². The van der Waals surface area contributed by atoms with E-state index in [0.717, 1.165) is 19.5 Å². The second-order valence-corrected chi connectivity index (χ2v) is 4.86. The van der Waals surface area contributed by atoms with Crippen LogP contribution in [-0.4, -0.2) is 39.2 Å². The molecule has 0 aromatic carbocycles. The summed E-state index contributed by atoms with van der Waals surface area (Å²) < 4.78 is 1.75. The van der Waals surface area contributed by atoms with Gasteiger partial charge in [0.25, 0.3) is 5.91 Å². The minimum Gasteiger partial charge on any atom is -0.363 e. The molecule has 2 heterocycles. The number of hydrogen-bond donors (Lipinski definition) is 1. The zero-order valence-electron chi connectivity index (χ0n) is 10.5. The molecule has 1 amide bonds. The van der Waals surface area contributed by atoms with E-state index in [9.17, 15) is 9.59 Å². The number of Topliss-reactive ketones (excluding diaryl/α,β-unsaturated/α-hetero) is 1. The predicted octanol–water partition coefficient (Wildman–Crippen LogP) is 0.241. The highest BCUT2D eigenvalue weighted by molar-refractivity contribution is 5.89. The van der Waals surface area contributed by atoms with Crippen LogP contribution in [0.15, 0.2) is 12.4 Å². The summed E-state index contributed by atoms with van der Waals surface area (Å²) >= 11 is 0. The number of nitrogens with two attached hydrogens (primary N) is 1. The second-order valence-electron chi connectivity index (χ2n) is 4.86.